The van der Waals surface area contributed by atoms with Gasteiger partial charge in [-0.25, -0.2) is 5.01 Å². The van der Waals surface area contributed by atoms with E-state index in [1.807, 2.05) is 60.8 Å². The van der Waals surface area contributed by atoms with Crippen molar-refractivity contribution < 1.29 is 9.21 Å². The second kappa shape index (κ2) is 7.56. The lowest BCUT2D eigenvalue weighted by molar-refractivity contribution is -0.127. The molecule has 1 aliphatic rings. The standard InChI is InChI=1S/C21H17N5O2S/c27-19(26-11-10-17(25-26)14-6-2-1-3-7-14)13-29-21-24-23-20(28-21)16-12-22-18-9-5-4-8-15(16)18/h1-9,12,22H,10-11,13H2. The molecule has 5 rings (SSSR count). The molecule has 0 bridgehead atoms. The highest BCUT2D eigenvalue weighted by Gasteiger charge is 2.22. The summed E-state index contributed by atoms with van der Waals surface area (Å²) in [6.45, 7) is 0.591. The smallest absolute Gasteiger partial charge is 0.277 e. The van der Waals surface area contributed by atoms with E-state index in [4.69, 9.17) is 4.42 Å². The number of rotatable bonds is 5. The number of thioether (sulfide) groups is 1. The van der Waals surface area contributed by atoms with Crippen LogP contribution in [0.5, 0.6) is 0 Å². The molecule has 0 saturated carbocycles. The number of nitrogens with zero attached hydrogens (tertiary/aromatic N) is 4. The Balaban J connectivity index is 1.24. The van der Waals surface area contributed by atoms with Gasteiger partial charge in [-0.2, -0.15) is 5.10 Å². The average Bonchev–Trinajstić information content (AvgIpc) is 3.51. The normalized spacial score (nSPS) is 13.8. The number of hydrogen-bond donors (Lipinski definition) is 1. The Kier molecular flexibility index (Phi) is 4.61. The van der Waals surface area contributed by atoms with Gasteiger partial charge in [0, 0.05) is 23.5 Å². The van der Waals surface area contributed by atoms with Crippen LogP contribution in [-0.2, 0) is 4.79 Å². The van der Waals surface area contributed by atoms with Crippen molar-refractivity contribution in [3.8, 4) is 11.5 Å². The average molecular weight is 403 g/mol. The minimum Gasteiger partial charge on any atom is -0.411 e. The van der Waals surface area contributed by atoms with Crippen molar-refractivity contribution in [3.05, 3.63) is 66.4 Å². The molecule has 2 aromatic carbocycles. The number of hydrogen-bond acceptors (Lipinski definition) is 6. The van der Waals surface area contributed by atoms with Crippen molar-refractivity contribution in [2.24, 2.45) is 5.10 Å². The van der Waals surface area contributed by atoms with Crippen LogP contribution in [0.3, 0.4) is 0 Å². The van der Waals surface area contributed by atoms with Crippen molar-refractivity contribution in [1.82, 2.24) is 20.2 Å². The first-order chi connectivity index (χ1) is 14.3. The number of para-hydroxylation sites is 1. The number of benzene rings is 2. The molecule has 2 aromatic heterocycles. The number of aromatic nitrogens is 3. The zero-order chi connectivity index (χ0) is 19.6. The first-order valence-corrected chi connectivity index (χ1v) is 10.2. The molecule has 7 nitrogen and oxygen atoms in total. The molecule has 1 N–H and O–H groups in total. The number of H-pyrrole nitrogens is 1. The quantitative estimate of drug-likeness (QED) is 0.510. The predicted molar refractivity (Wildman–Crippen MR) is 112 cm³/mol. The molecule has 8 heteroatoms. The zero-order valence-electron chi connectivity index (χ0n) is 15.4. The molecule has 0 unspecified atom stereocenters. The van der Waals surface area contributed by atoms with E-state index in [2.05, 4.69) is 20.3 Å². The number of amides is 1. The summed E-state index contributed by atoms with van der Waals surface area (Å²) in [5.41, 5.74) is 3.84. The minimum absolute atomic E-state index is 0.0761. The molecule has 0 fully saturated rings. The SMILES string of the molecule is O=C(CSc1nnc(-c2c[nH]c3ccccc23)o1)N1CCC(c2ccccc2)=N1. The van der Waals surface area contributed by atoms with Crippen LogP contribution < -0.4 is 0 Å². The van der Waals surface area contributed by atoms with Crippen LogP contribution in [0, 0.1) is 0 Å². The van der Waals surface area contributed by atoms with Gasteiger partial charge < -0.3 is 9.40 Å². The molecule has 3 heterocycles. The highest BCUT2D eigenvalue weighted by molar-refractivity contribution is 7.99. The third kappa shape index (κ3) is 3.54. The minimum atomic E-state index is -0.0761. The van der Waals surface area contributed by atoms with Crippen LogP contribution in [0.1, 0.15) is 12.0 Å². The van der Waals surface area contributed by atoms with E-state index >= 15 is 0 Å². The number of hydrazone groups is 1. The summed E-state index contributed by atoms with van der Waals surface area (Å²) in [5, 5.41) is 15.6. The summed E-state index contributed by atoms with van der Waals surface area (Å²) in [7, 11) is 0. The Labute approximate surface area is 170 Å². The third-order valence-corrected chi connectivity index (χ3v) is 5.55. The van der Waals surface area contributed by atoms with Crippen molar-refractivity contribution in [1.29, 1.82) is 0 Å². The molecule has 0 spiro atoms. The summed E-state index contributed by atoms with van der Waals surface area (Å²) < 4.78 is 5.75. The molecule has 1 aliphatic heterocycles. The Morgan fingerprint density at radius 3 is 2.83 bits per heavy atom. The Hall–Kier alpha value is -3.39. The number of carbonyl (C=O) groups excluding carboxylic acids is 1. The van der Waals surface area contributed by atoms with E-state index in [0.717, 1.165) is 34.2 Å². The monoisotopic (exact) mass is 403 g/mol. The highest BCUT2D eigenvalue weighted by Crippen LogP contribution is 2.29. The fraction of sp³-hybridized carbons (Fsp3) is 0.143. The van der Waals surface area contributed by atoms with Gasteiger partial charge in [0.15, 0.2) is 0 Å². The largest absolute Gasteiger partial charge is 0.411 e. The molecule has 29 heavy (non-hydrogen) atoms. The van der Waals surface area contributed by atoms with Gasteiger partial charge in [0.1, 0.15) is 0 Å². The summed E-state index contributed by atoms with van der Waals surface area (Å²) in [4.78, 5) is 15.7. The topological polar surface area (TPSA) is 87.4 Å². The number of nitrogens with one attached hydrogen (secondary N) is 1. The maximum absolute atomic E-state index is 12.5. The van der Waals surface area contributed by atoms with Crippen LogP contribution in [0.2, 0.25) is 0 Å². The number of fused-ring (bicyclic) bond motifs is 1. The summed E-state index contributed by atoms with van der Waals surface area (Å²) in [6, 6.07) is 17.8. The lowest BCUT2D eigenvalue weighted by atomic mass is 10.1. The van der Waals surface area contributed by atoms with E-state index < -0.39 is 0 Å². The third-order valence-electron chi connectivity index (χ3n) is 4.74. The zero-order valence-corrected chi connectivity index (χ0v) is 16.2. The van der Waals surface area contributed by atoms with Gasteiger partial charge >= 0.3 is 0 Å². The highest BCUT2D eigenvalue weighted by atomic mass is 32.2. The second-order valence-corrected chi connectivity index (χ2v) is 7.52. The lowest BCUT2D eigenvalue weighted by Gasteiger charge is -2.09. The molecule has 1 amide bonds. The van der Waals surface area contributed by atoms with E-state index in [0.29, 0.717) is 17.7 Å². The first kappa shape index (κ1) is 17.7. The van der Waals surface area contributed by atoms with Crippen molar-refractivity contribution in [3.63, 3.8) is 0 Å². The van der Waals surface area contributed by atoms with Gasteiger partial charge in [0.05, 0.1) is 23.6 Å². The van der Waals surface area contributed by atoms with Gasteiger partial charge in [-0.15, -0.1) is 10.2 Å². The Morgan fingerprint density at radius 1 is 1.10 bits per heavy atom. The van der Waals surface area contributed by atoms with Gasteiger partial charge in [0.2, 0.25) is 0 Å². The maximum Gasteiger partial charge on any atom is 0.277 e. The maximum atomic E-state index is 12.5. The van der Waals surface area contributed by atoms with Crippen molar-refractivity contribution in [2.75, 3.05) is 12.3 Å². The fourth-order valence-corrected chi connectivity index (χ4v) is 3.93. The van der Waals surface area contributed by atoms with Crippen molar-refractivity contribution in [2.45, 2.75) is 11.6 Å². The van der Waals surface area contributed by atoms with Gasteiger partial charge in [-0.05, 0) is 11.6 Å². The molecule has 144 valence electrons. The molecular weight excluding hydrogens is 386 g/mol. The van der Waals surface area contributed by atoms with Gasteiger partial charge in [-0.3, -0.25) is 4.79 Å². The van der Waals surface area contributed by atoms with Crippen LogP contribution in [0.15, 0.2) is 75.5 Å². The van der Waals surface area contributed by atoms with Crippen LogP contribution >= 0.6 is 11.8 Å². The Morgan fingerprint density at radius 2 is 1.93 bits per heavy atom. The summed E-state index contributed by atoms with van der Waals surface area (Å²) in [6.07, 6.45) is 2.60. The number of aromatic amines is 1. The summed E-state index contributed by atoms with van der Waals surface area (Å²) in [5.74, 6) is 0.553. The molecule has 0 radical (unpaired) electrons. The van der Waals surface area contributed by atoms with Crippen LogP contribution in [0.25, 0.3) is 22.4 Å². The van der Waals surface area contributed by atoms with Gasteiger partial charge in [-0.1, -0.05) is 60.3 Å². The number of carbonyl (C=O) groups is 1. The molecule has 0 atom stereocenters. The van der Waals surface area contributed by atoms with E-state index in [1.165, 1.54) is 16.8 Å². The molecule has 4 aromatic rings. The second-order valence-electron chi connectivity index (χ2n) is 6.59. The van der Waals surface area contributed by atoms with Crippen molar-refractivity contribution >= 4 is 34.3 Å². The van der Waals surface area contributed by atoms with E-state index in [9.17, 15) is 4.79 Å². The fourth-order valence-electron chi connectivity index (χ4n) is 3.29. The first-order valence-electron chi connectivity index (χ1n) is 9.24. The molecule has 0 saturated heterocycles. The molecule has 0 aliphatic carbocycles. The lowest BCUT2D eigenvalue weighted by Crippen LogP contribution is -2.25. The predicted octanol–water partition coefficient (Wildman–Crippen LogP) is 3.95. The molecular formula is C21H17N5O2S. The van der Waals surface area contributed by atoms with Crippen LogP contribution in [0.4, 0.5) is 0 Å². The van der Waals surface area contributed by atoms with E-state index in [1.54, 1.807) is 0 Å². The van der Waals surface area contributed by atoms with Crippen LogP contribution in [-0.4, -0.2) is 44.1 Å². The summed E-state index contributed by atoms with van der Waals surface area (Å²) >= 11 is 1.22. The Bertz CT molecular complexity index is 1200. The van der Waals surface area contributed by atoms with Gasteiger partial charge in [0.25, 0.3) is 17.0 Å². The van der Waals surface area contributed by atoms with E-state index in [-0.39, 0.29) is 11.7 Å².